The summed E-state index contributed by atoms with van der Waals surface area (Å²) in [4.78, 5) is 0. The topological polar surface area (TPSA) is 21.3 Å². The number of rotatable bonds is 4. The smallest absolute Gasteiger partial charge is 0.118 e. The van der Waals surface area contributed by atoms with Crippen molar-refractivity contribution in [2.75, 3.05) is 20.2 Å². The number of hydrogen-bond acceptors (Lipinski definition) is 2. The Bertz CT molecular complexity index is 260. The van der Waals surface area contributed by atoms with Gasteiger partial charge in [-0.25, -0.2) is 0 Å². The van der Waals surface area contributed by atoms with Crippen molar-refractivity contribution in [2.45, 2.75) is 33.6 Å². The first-order valence-electron chi connectivity index (χ1n) is 6.54. The molecular formula is C15H27NO. The van der Waals surface area contributed by atoms with Crippen LogP contribution in [-0.4, -0.2) is 20.2 Å². The minimum absolute atomic E-state index is 0.663. The molecule has 1 aliphatic rings. The van der Waals surface area contributed by atoms with Gasteiger partial charge in [0.05, 0.1) is 7.11 Å². The van der Waals surface area contributed by atoms with E-state index in [1.807, 2.05) is 26.0 Å². The average Bonchev–Trinajstić information content (AvgIpc) is 2.42. The predicted octanol–water partition coefficient (Wildman–Crippen LogP) is 3.67. The maximum atomic E-state index is 5.39. The number of ether oxygens (including phenoxy) is 1. The highest BCUT2D eigenvalue weighted by atomic mass is 16.5. The molecule has 0 saturated carbocycles. The van der Waals surface area contributed by atoms with Crippen molar-refractivity contribution in [3.63, 3.8) is 0 Å². The third-order valence-corrected chi connectivity index (χ3v) is 2.94. The van der Waals surface area contributed by atoms with E-state index >= 15 is 0 Å². The minimum Gasteiger partial charge on any atom is -0.497 e. The van der Waals surface area contributed by atoms with E-state index in [-0.39, 0.29) is 0 Å². The lowest BCUT2D eigenvalue weighted by atomic mass is 9.90. The first kappa shape index (κ1) is 16.0. The van der Waals surface area contributed by atoms with Gasteiger partial charge in [0.1, 0.15) is 5.76 Å². The van der Waals surface area contributed by atoms with Crippen LogP contribution >= 0.6 is 0 Å². The average molecular weight is 237 g/mol. The first-order chi connectivity index (χ1) is 8.29. The maximum Gasteiger partial charge on any atom is 0.118 e. The molecule has 2 heteroatoms. The molecule has 0 aromatic carbocycles. The van der Waals surface area contributed by atoms with Crippen molar-refractivity contribution < 1.29 is 4.74 Å². The molecule has 0 aliphatic carbocycles. The molecule has 1 heterocycles. The van der Waals surface area contributed by atoms with E-state index in [1.54, 1.807) is 13.2 Å². The largest absolute Gasteiger partial charge is 0.497 e. The summed E-state index contributed by atoms with van der Waals surface area (Å²) >= 11 is 0. The second kappa shape index (κ2) is 10.2. The quantitative estimate of drug-likeness (QED) is 0.595. The molecule has 1 aliphatic heterocycles. The summed E-state index contributed by atoms with van der Waals surface area (Å²) in [7, 11) is 1.73. The van der Waals surface area contributed by atoms with Gasteiger partial charge in [-0.15, -0.1) is 0 Å². The van der Waals surface area contributed by atoms with E-state index in [0.717, 1.165) is 18.8 Å². The zero-order valence-electron chi connectivity index (χ0n) is 11.8. The van der Waals surface area contributed by atoms with E-state index in [9.17, 15) is 0 Å². The molecule has 0 atom stereocenters. The van der Waals surface area contributed by atoms with E-state index in [0.29, 0.717) is 5.92 Å². The van der Waals surface area contributed by atoms with Crippen molar-refractivity contribution in [1.29, 1.82) is 0 Å². The van der Waals surface area contributed by atoms with Gasteiger partial charge < -0.3 is 10.1 Å². The lowest BCUT2D eigenvalue weighted by Crippen LogP contribution is -2.28. The van der Waals surface area contributed by atoms with Gasteiger partial charge in [-0.3, -0.25) is 0 Å². The number of allylic oxidation sites excluding steroid dienone is 4. The van der Waals surface area contributed by atoms with Crippen molar-refractivity contribution in [3.8, 4) is 0 Å². The SMILES string of the molecule is C=C/C=C\C(OC)=C(/C)C1CCNCC1.CC. The van der Waals surface area contributed by atoms with Crippen LogP contribution in [0.15, 0.2) is 36.1 Å². The number of hydrogen-bond donors (Lipinski definition) is 1. The van der Waals surface area contributed by atoms with Crippen molar-refractivity contribution in [2.24, 2.45) is 5.92 Å². The Hall–Kier alpha value is -1.02. The monoisotopic (exact) mass is 237 g/mol. The second-order valence-corrected chi connectivity index (χ2v) is 3.87. The zero-order valence-corrected chi connectivity index (χ0v) is 11.8. The molecule has 17 heavy (non-hydrogen) atoms. The normalized spacial score (nSPS) is 18.1. The Morgan fingerprint density at radius 3 is 2.35 bits per heavy atom. The van der Waals surface area contributed by atoms with Gasteiger partial charge in [-0.1, -0.05) is 32.6 Å². The van der Waals surface area contributed by atoms with Gasteiger partial charge in [0.25, 0.3) is 0 Å². The van der Waals surface area contributed by atoms with Crippen LogP contribution in [0.5, 0.6) is 0 Å². The van der Waals surface area contributed by atoms with Crippen LogP contribution in [-0.2, 0) is 4.74 Å². The third-order valence-electron chi connectivity index (χ3n) is 2.94. The summed E-state index contributed by atoms with van der Waals surface area (Å²) in [5.41, 5.74) is 1.36. The van der Waals surface area contributed by atoms with E-state index in [1.165, 1.54) is 18.4 Å². The van der Waals surface area contributed by atoms with Gasteiger partial charge in [-0.05, 0) is 50.4 Å². The Balaban J connectivity index is 0.00000121. The Morgan fingerprint density at radius 1 is 1.29 bits per heavy atom. The molecule has 0 radical (unpaired) electrons. The van der Waals surface area contributed by atoms with Crippen LogP contribution in [0.2, 0.25) is 0 Å². The van der Waals surface area contributed by atoms with Crippen molar-refractivity contribution in [1.82, 2.24) is 5.32 Å². The molecular weight excluding hydrogens is 210 g/mol. The van der Waals surface area contributed by atoms with E-state index in [4.69, 9.17) is 4.74 Å². The molecule has 0 unspecified atom stereocenters. The molecule has 2 nitrogen and oxygen atoms in total. The molecule has 1 saturated heterocycles. The highest BCUT2D eigenvalue weighted by Gasteiger charge is 2.17. The first-order valence-corrected chi connectivity index (χ1v) is 6.54. The summed E-state index contributed by atoms with van der Waals surface area (Å²) < 4.78 is 5.39. The van der Waals surface area contributed by atoms with Crippen LogP contribution in [0.4, 0.5) is 0 Å². The highest BCUT2D eigenvalue weighted by molar-refractivity contribution is 5.23. The van der Waals surface area contributed by atoms with Crippen LogP contribution < -0.4 is 5.32 Å². The fourth-order valence-electron chi connectivity index (χ4n) is 1.97. The predicted molar refractivity (Wildman–Crippen MR) is 76.0 cm³/mol. The van der Waals surface area contributed by atoms with Crippen molar-refractivity contribution >= 4 is 0 Å². The van der Waals surface area contributed by atoms with Crippen LogP contribution in [0.3, 0.4) is 0 Å². The van der Waals surface area contributed by atoms with E-state index in [2.05, 4.69) is 18.8 Å². The molecule has 1 N–H and O–H groups in total. The Labute approximate surface area is 106 Å². The van der Waals surface area contributed by atoms with Crippen LogP contribution in [0.25, 0.3) is 0 Å². The summed E-state index contributed by atoms with van der Waals surface area (Å²) in [5, 5.41) is 3.37. The third kappa shape index (κ3) is 5.73. The molecule has 1 rings (SSSR count). The minimum atomic E-state index is 0.663. The lowest BCUT2D eigenvalue weighted by molar-refractivity contribution is 0.290. The standard InChI is InChI=1S/C13H21NO.C2H6/c1-4-5-6-13(15-3)11(2)12-7-9-14-10-8-12;1-2/h4-6,12,14H,1,7-10H2,2-3H3;1-2H3/b6-5-,13-11-;. The van der Waals surface area contributed by atoms with Gasteiger partial charge in [0.15, 0.2) is 0 Å². The molecule has 1 fully saturated rings. The molecule has 98 valence electrons. The van der Waals surface area contributed by atoms with Crippen LogP contribution in [0.1, 0.15) is 33.6 Å². The second-order valence-electron chi connectivity index (χ2n) is 3.87. The van der Waals surface area contributed by atoms with Gasteiger partial charge >= 0.3 is 0 Å². The summed E-state index contributed by atoms with van der Waals surface area (Å²) in [6.07, 6.45) is 8.10. The number of piperidine rings is 1. The van der Waals surface area contributed by atoms with Gasteiger partial charge in [0, 0.05) is 0 Å². The fourth-order valence-corrected chi connectivity index (χ4v) is 1.97. The molecule has 0 bridgehead atoms. The summed E-state index contributed by atoms with van der Waals surface area (Å²) in [6, 6.07) is 0. The number of nitrogens with one attached hydrogen (secondary N) is 1. The molecule has 0 aromatic rings. The van der Waals surface area contributed by atoms with Gasteiger partial charge in [-0.2, -0.15) is 0 Å². The molecule has 0 spiro atoms. The zero-order chi connectivity index (χ0) is 13.1. The lowest BCUT2D eigenvalue weighted by Gasteiger charge is -2.24. The van der Waals surface area contributed by atoms with Gasteiger partial charge in [0.2, 0.25) is 0 Å². The highest BCUT2D eigenvalue weighted by Crippen LogP contribution is 2.24. The van der Waals surface area contributed by atoms with Crippen LogP contribution in [0, 0.1) is 5.92 Å². The molecule has 0 amide bonds. The molecule has 0 aromatic heterocycles. The Kier molecular flexibility index (Phi) is 9.55. The fraction of sp³-hybridized carbons (Fsp3) is 0.600. The van der Waals surface area contributed by atoms with Crippen molar-refractivity contribution in [3.05, 3.63) is 36.1 Å². The Morgan fingerprint density at radius 2 is 1.88 bits per heavy atom. The number of methoxy groups -OCH3 is 1. The maximum absolute atomic E-state index is 5.39. The summed E-state index contributed by atoms with van der Waals surface area (Å²) in [6.45, 7) is 12.1. The van der Waals surface area contributed by atoms with E-state index < -0.39 is 0 Å². The summed E-state index contributed by atoms with van der Waals surface area (Å²) in [5.74, 6) is 1.65.